The van der Waals surface area contributed by atoms with Crippen molar-refractivity contribution in [3.05, 3.63) is 39.7 Å². The predicted molar refractivity (Wildman–Crippen MR) is 100 cm³/mol. The number of nitrogens with zero attached hydrogens (tertiary/aromatic N) is 2. The van der Waals surface area contributed by atoms with Crippen molar-refractivity contribution in [2.24, 2.45) is 0 Å². The molecule has 0 unspecified atom stereocenters. The lowest BCUT2D eigenvalue weighted by Gasteiger charge is -2.31. The molecule has 0 bridgehead atoms. The topological polar surface area (TPSA) is 36.7 Å². The van der Waals surface area contributed by atoms with Gasteiger partial charge in [-0.1, -0.05) is 6.32 Å². The fraction of sp³-hybridized carbons (Fsp3) is 0.526. The molecule has 0 fully saturated rings. The lowest BCUT2D eigenvalue weighted by atomic mass is 9.96. The number of hydrogen-bond donors (Lipinski definition) is 0. The highest BCUT2D eigenvalue weighted by atomic mass is 16.4. The van der Waals surface area contributed by atoms with Crippen LogP contribution >= 0.6 is 0 Å². The highest BCUT2D eigenvalue weighted by Crippen LogP contribution is 2.32. The van der Waals surface area contributed by atoms with Gasteiger partial charge in [-0.15, -0.1) is 0 Å². The maximum absolute atomic E-state index is 12.0. The van der Waals surface area contributed by atoms with Crippen LogP contribution in [0.15, 0.2) is 27.4 Å². The van der Waals surface area contributed by atoms with Crippen molar-refractivity contribution in [3.63, 3.8) is 0 Å². The van der Waals surface area contributed by atoms with E-state index >= 15 is 0 Å². The number of aryl methyl sites for hydroxylation is 1. The molecule has 1 aliphatic heterocycles. The molecule has 2 heterocycles. The fourth-order valence-electron chi connectivity index (χ4n) is 3.45. The van der Waals surface area contributed by atoms with Crippen LogP contribution in [0.2, 0.25) is 6.32 Å². The van der Waals surface area contributed by atoms with Crippen LogP contribution in [-0.2, 0) is 12.8 Å². The minimum absolute atomic E-state index is 0.263. The zero-order valence-corrected chi connectivity index (χ0v) is 14.7. The van der Waals surface area contributed by atoms with Gasteiger partial charge in [0.05, 0.1) is 7.85 Å². The number of anilines is 1. The van der Waals surface area contributed by atoms with Gasteiger partial charge in [-0.05, 0) is 57.0 Å². The van der Waals surface area contributed by atoms with Gasteiger partial charge in [-0.25, -0.2) is 4.79 Å². The molecule has 3 rings (SSSR count). The van der Waals surface area contributed by atoms with Crippen LogP contribution in [0.4, 0.5) is 5.69 Å². The number of hydrogen-bond acceptors (Lipinski definition) is 4. The Hall–Kier alpha value is -1.75. The lowest BCUT2D eigenvalue weighted by molar-refractivity contribution is 0.413. The summed E-state index contributed by atoms with van der Waals surface area (Å²) < 4.78 is 5.51. The number of rotatable bonds is 6. The quantitative estimate of drug-likeness (QED) is 0.605. The van der Waals surface area contributed by atoms with Crippen molar-refractivity contribution in [3.8, 4) is 0 Å². The summed E-state index contributed by atoms with van der Waals surface area (Å²) in [6, 6.07) is 5.93. The van der Waals surface area contributed by atoms with Crippen LogP contribution in [0.5, 0.6) is 0 Å². The lowest BCUT2D eigenvalue weighted by Crippen LogP contribution is -2.30. The minimum Gasteiger partial charge on any atom is -0.423 e. The number of fused-ring (bicyclic) bond motifs is 2. The first kappa shape index (κ1) is 17.1. The van der Waals surface area contributed by atoms with Crippen LogP contribution in [0.3, 0.4) is 0 Å². The van der Waals surface area contributed by atoms with Crippen LogP contribution in [-0.4, -0.2) is 46.5 Å². The van der Waals surface area contributed by atoms with Crippen LogP contribution < -0.4 is 10.5 Å². The second kappa shape index (κ2) is 7.43. The SMILES string of the molecule is [B]CCCN1CCCc2cc3c(CCN(C)C)cc(=O)oc3cc21. The van der Waals surface area contributed by atoms with E-state index in [0.29, 0.717) is 11.9 Å². The Labute approximate surface area is 144 Å². The molecule has 126 valence electrons. The van der Waals surface area contributed by atoms with E-state index in [9.17, 15) is 4.79 Å². The summed E-state index contributed by atoms with van der Waals surface area (Å²) in [5.41, 5.74) is 4.08. The van der Waals surface area contributed by atoms with Crippen molar-refractivity contribution >= 4 is 24.5 Å². The molecule has 0 N–H and O–H groups in total. The maximum atomic E-state index is 12.0. The van der Waals surface area contributed by atoms with Gasteiger partial charge in [0, 0.05) is 42.8 Å². The Morgan fingerprint density at radius 1 is 1.29 bits per heavy atom. The summed E-state index contributed by atoms with van der Waals surface area (Å²) in [7, 11) is 9.76. The van der Waals surface area contributed by atoms with Gasteiger partial charge < -0.3 is 14.2 Å². The molecule has 0 saturated carbocycles. The maximum Gasteiger partial charge on any atom is 0.336 e. The van der Waals surface area contributed by atoms with E-state index in [4.69, 9.17) is 12.3 Å². The highest BCUT2D eigenvalue weighted by molar-refractivity contribution is 6.08. The van der Waals surface area contributed by atoms with E-state index < -0.39 is 0 Å². The third-order valence-electron chi connectivity index (χ3n) is 4.70. The molecular weight excluding hydrogens is 299 g/mol. The summed E-state index contributed by atoms with van der Waals surface area (Å²) in [5, 5.41) is 1.08. The van der Waals surface area contributed by atoms with Gasteiger partial charge in [0.1, 0.15) is 5.58 Å². The van der Waals surface area contributed by atoms with Crippen molar-refractivity contribution < 1.29 is 4.42 Å². The Morgan fingerprint density at radius 2 is 2.12 bits per heavy atom. The standard InChI is InChI=1S/C19H25BN2O2/c1-21(2)10-6-14-12-19(23)24-18-13-17-15(11-16(14)18)5-3-8-22(17)9-4-7-20/h11-13H,3-10H2,1-2H3. The Balaban J connectivity index is 2.03. The largest absolute Gasteiger partial charge is 0.423 e. The molecule has 0 atom stereocenters. The normalized spacial score (nSPS) is 14.4. The highest BCUT2D eigenvalue weighted by Gasteiger charge is 2.19. The molecule has 0 saturated heterocycles. The third kappa shape index (κ3) is 3.67. The van der Waals surface area contributed by atoms with Gasteiger partial charge in [0.2, 0.25) is 0 Å². The summed E-state index contributed by atoms with van der Waals surface area (Å²) in [6.45, 7) is 2.92. The monoisotopic (exact) mass is 324 g/mol. The van der Waals surface area contributed by atoms with Gasteiger partial charge in [-0.2, -0.15) is 0 Å². The van der Waals surface area contributed by atoms with Gasteiger partial charge in [0.25, 0.3) is 0 Å². The molecule has 1 aromatic heterocycles. The molecule has 4 nitrogen and oxygen atoms in total. The average molecular weight is 324 g/mol. The van der Waals surface area contributed by atoms with Crippen molar-refractivity contribution in [1.29, 1.82) is 0 Å². The smallest absolute Gasteiger partial charge is 0.336 e. The van der Waals surface area contributed by atoms with Crippen LogP contribution in [0.25, 0.3) is 11.0 Å². The zero-order valence-electron chi connectivity index (χ0n) is 14.7. The van der Waals surface area contributed by atoms with E-state index in [2.05, 4.69) is 21.9 Å². The van der Waals surface area contributed by atoms with Crippen molar-refractivity contribution in [1.82, 2.24) is 4.90 Å². The first-order valence-corrected chi connectivity index (χ1v) is 8.78. The Kier molecular flexibility index (Phi) is 5.29. The molecule has 0 amide bonds. The van der Waals surface area contributed by atoms with Gasteiger partial charge in [0.15, 0.2) is 0 Å². The van der Waals surface area contributed by atoms with Gasteiger partial charge >= 0.3 is 5.63 Å². The van der Waals surface area contributed by atoms with E-state index in [1.807, 2.05) is 14.1 Å². The molecule has 5 heteroatoms. The van der Waals surface area contributed by atoms with E-state index in [-0.39, 0.29) is 5.63 Å². The molecule has 2 aromatic rings. The second-order valence-corrected chi connectivity index (χ2v) is 6.85. The number of benzene rings is 1. The minimum atomic E-state index is -0.263. The molecule has 0 aliphatic carbocycles. The molecule has 0 spiro atoms. The molecule has 1 aliphatic rings. The average Bonchev–Trinajstić information content (AvgIpc) is 2.56. The molecule has 1 aromatic carbocycles. The number of likely N-dealkylation sites (N-methyl/N-ethyl adjacent to an activating group) is 1. The van der Waals surface area contributed by atoms with Crippen molar-refractivity contribution in [2.45, 2.75) is 32.0 Å². The van der Waals surface area contributed by atoms with Crippen molar-refractivity contribution in [2.75, 3.05) is 38.6 Å². The first-order valence-electron chi connectivity index (χ1n) is 8.78. The Morgan fingerprint density at radius 3 is 2.88 bits per heavy atom. The zero-order chi connectivity index (χ0) is 17.1. The summed E-state index contributed by atoms with van der Waals surface area (Å²) in [5.74, 6) is 0. The first-order chi connectivity index (χ1) is 11.6. The van der Waals surface area contributed by atoms with E-state index in [1.54, 1.807) is 6.07 Å². The summed E-state index contributed by atoms with van der Waals surface area (Å²) in [6.07, 6.45) is 4.77. The predicted octanol–water partition coefficient (Wildman–Crippen LogP) is 2.63. The van der Waals surface area contributed by atoms with E-state index in [1.165, 1.54) is 11.3 Å². The summed E-state index contributed by atoms with van der Waals surface area (Å²) in [4.78, 5) is 16.5. The molecule has 24 heavy (non-hydrogen) atoms. The Bertz CT molecular complexity index is 770. The van der Waals surface area contributed by atoms with Crippen LogP contribution in [0, 0.1) is 0 Å². The summed E-state index contributed by atoms with van der Waals surface area (Å²) >= 11 is 0. The third-order valence-corrected chi connectivity index (χ3v) is 4.70. The molecule has 2 radical (unpaired) electrons. The van der Waals surface area contributed by atoms with E-state index in [0.717, 1.165) is 56.3 Å². The second-order valence-electron chi connectivity index (χ2n) is 6.85. The van der Waals surface area contributed by atoms with Gasteiger partial charge in [-0.3, -0.25) is 0 Å². The van der Waals surface area contributed by atoms with Crippen LogP contribution in [0.1, 0.15) is 24.0 Å². The fourth-order valence-corrected chi connectivity index (χ4v) is 3.45. The molecular formula is C19H25BN2O2.